The van der Waals surface area contributed by atoms with Crippen LogP contribution in [-0.4, -0.2) is 55.0 Å². The van der Waals surface area contributed by atoms with Crippen molar-refractivity contribution in [2.75, 3.05) is 33.2 Å². The fourth-order valence-electron chi connectivity index (χ4n) is 2.91. The normalized spacial score (nSPS) is 27.3. The fraction of sp³-hybridized carbons (Fsp3) is 0.917. The smallest absolute Gasteiger partial charge is 0.239 e. The van der Waals surface area contributed by atoms with E-state index in [1.807, 2.05) is 4.90 Å². The molecule has 0 saturated carbocycles. The molecule has 0 bridgehead atoms. The third-order valence-electron chi connectivity index (χ3n) is 4.19. The quantitative estimate of drug-likeness (QED) is 0.697. The molecule has 0 unspecified atom stereocenters. The van der Waals surface area contributed by atoms with E-state index in [-0.39, 0.29) is 11.9 Å². The highest BCUT2D eigenvalue weighted by Gasteiger charge is 2.41. The van der Waals surface area contributed by atoms with E-state index in [2.05, 4.69) is 11.9 Å². The Morgan fingerprint density at radius 3 is 2.38 bits per heavy atom. The Morgan fingerprint density at radius 2 is 1.81 bits per heavy atom. The number of hydrogen-bond donors (Lipinski definition) is 1. The lowest BCUT2D eigenvalue weighted by molar-refractivity contribution is -0.131. The largest absolute Gasteiger partial charge is 0.341 e. The van der Waals surface area contributed by atoms with Gasteiger partial charge in [-0.15, -0.1) is 0 Å². The van der Waals surface area contributed by atoms with Crippen molar-refractivity contribution in [1.82, 2.24) is 9.80 Å². The molecule has 0 radical (unpaired) electrons. The van der Waals surface area contributed by atoms with Crippen LogP contribution in [0, 0.1) is 5.41 Å². The molecule has 2 aliphatic rings. The van der Waals surface area contributed by atoms with Crippen molar-refractivity contribution in [3.05, 3.63) is 0 Å². The van der Waals surface area contributed by atoms with Gasteiger partial charge in [0, 0.05) is 13.1 Å². The molecule has 92 valence electrons. The van der Waals surface area contributed by atoms with E-state index in [0.29, 0.717) is 5.41 Å². The molecule has 2 N–H and O–H groups in total. The molecular formula is C12H23N3O. The summed E-state index contributed by atoms with van der Waals surface area (Å²) in [6.45, 7) is 5.95. The van der Waals surface area contributed by atoms with Crippen molar-refractivity contribution in [3.8, 4) is 0 Å². The van der Waals surface area contributed by atoms with E-state index in [1.54, 1.807) is 6.92 Å². The second-order valence-corrected chi connectivity index (χ2v) is 5.60. The molecule has 1 amide bonds. The molecule has 2 fully saturated rings. The summed E-state index contributed by atoms with van der Waals surface area (Å²) >= 11 is 0. The molecule has 4 heteroatoms. The predicted molar refractivity (Wildman–Crippen MR) is 64.0 cm³/mol. The van der Waals surface area contributed by atoms with Gasteiger partial charge in [-0.2, -0.15) is 0 Å². The number of carbonyl (C=O) groups excluding carboxylic acids is 1. The molecule has 2 saturated heterocycles. The van der Waals surface area contributed by atoms with Crippen LogP contribution in [0.1, 0.15) is 26.2 Å². The molecular weight excluding hydrogens is 202 g/mol. The van der Waals surface area contributed by atoms with Crippen LogP contribution in [0.4, 0.5) is 0 Å². The van der Waals surface area contributed by atoms with E-state index in [4.69, 9.17) is 5.73 Å². The highest BCUT2D eigenvalue weighted by atomic mass is 16.2. The number of nitrogens with zero attached hydrogens (tertiary/aromatic N) is 2. The third-order valence-corrected chi connectivity index (χ3v) is 4.19. The number of hydrogen-bond acceptors (Lipinski definition) is 3. The minimum absolute atomic E-state index is 0.121. The summed E-state index contributed by atoms with van der Waals surface area (Å²) in [5, 5.41) is 0. The Labute approximate surface area is 97.8 Å². The summed E-state index contributed by atoms with van der Waals surface area (Å²) < 4.78 is 0. The van der Waals surface area contributed by atoms with Gasteiger partial charge in [-0.05, 0) is 51.7 Å². The Balaban J connectivity index is 1.94. The van der Waals surface area contributed by atoms with Crippen molar-refractivity contribution in [2.45, 2.75) is 32.2 Å². The molecule has 0 aromatic heterocycles. The topological polar surface area (TPSA) is 49.6 Å². The zero-order valence-corrected chi connectivity index (χ0v) is 10.4. The van der Waals surface area contributed by atoms with Crippen molar-refractivity contribution in [3.63, 3.8) is 0 Å². The lowest BCUT2D eigenvalue weighted by atomic mass is 9.78. The molecule has 0 aromatic rings. The van der Waals surface area contributed by atoms with Crippen LogP contribution in [0.3, 0.4) is 0 Å². The minimum Gasteiger partial charge on any atom is -0.341 e. The Morgan fingerprint density at radius 1 is 1.25 bits per heavy atom. The maximum atomic E-state index is 11.8. The zero-order chi connectivity index (χ0) is 11.8. The highest BCUT2D eigenvalue weighted by Crippen LogP contribution is 2.40. The van der Waals surface area contributed by atoms with Crippen LogP contribution in [0.25, 0.3) is 0 Å². The van der Waals surface area contributed by atoms with E-state index in [1.165, 1.54) is 32.4 Å². The van der Waals surface area contributed by atoms with Crippen LogP contribution in [0.15, 0.2) is 0 Å². The molecule has 1 spiro atoms. The Kier molecular flexibility index (Phi) is 3.22. The Bertz CT molecular complexity index is 269. The van der Waals surface area contributed by atoms with Crippen molar-refractivity contribution < 1.29 is 4.79 Å². The maximum absolute atomic E-state index is 11.8. The molecule has 0 aliphatic carbocycles. The summed E-state index contributed by atoms with van der Waals surface area (Å²) in [6, 6.07) is -0.346. The predicted octanol–water partition coefficient (Wildman–Crippen LogP) is 0.278. The lowest BCUT2D eigenvalue weighted by Crippen LogP contribution is -2.44. The van der Waals surface area contributed by atoms with Crippen LogP contribution >= 0.6 is 0 Å². The average molecular weight is 225 g/mol. The minimum atomic E-state index is -0.346. The first kappa shape index (κ1) is 11.9. The van der Waals surface area contributed by atoms with E-state index < -0.39 is 0 Å². The van der Waals surface area contributed by atoms with E-state index in [9.17, 15) is 4.79 Å². The van der Waals surface area contributed by atoms with Crippen molar-refractivity contribution >= 4 is 5.91 Å². The first-order valence-electron chi connectivity index (χ1n) is 6.25. The zero-order valence-electron chi connectivity index (χ0n) is 10.4. The van der Waals surface area contributed by atoms with Gasteiger partial charge in [-0.1, -0.05) is 0 Å². The molecule has 1 atom stereocenters. The van der Waals surface area contributed by atoms with Gasteiger partial charge in [0.05, 0.1) is 6.04 Å². The summed E-state index contributed by atoms with van der Waals surface area (Å²) in [5.41, 5.74) is 6.06. The summed E-state index contributed by atoms with van der Waals surface area (Å²) in [5.74, 6) is 0.121. The van der Waals surface area contributed by atoms with Gasteiger partial charge in [0.25, 0.3) is 0 Å². The number of likely N-dealkylation sites (tertiary alicyclic amines) is 2. The van der Waals surface area contributed by atoms with Gasteiger partial charge >= 0.3 is 0 Å². The van der Waals surface area contributed by atoms with E-state index >= 15 is 0 Å². The second-order valence-electron chi connectivity index (χ2n) is 5.60. The molecule has 4 nitrogen and oxygen atoms in total. The van der Waals surface area contributed by atoms with Gasteiger partial charge in [-0.3, -0.25) is 4.79 Å². The van der Waals surface area contributed by atoms with Crippen LogP contribution in [0.5, 0.6) is 0 Å². The van der Waals surface area contributed by atoms with Crippen molar-refractivity contribution in [2.24, 2.45) is 11.1 Å². The number of piperidine rings is 1. The molecule has 2 heterocycles. The van der Waals surface area contributed by atoms with E-state index in [0.717, 1.165) is 13.1 Å². The molecule has 0 aromatic carbocycles. The van der Waals surface area contributed by atoms with Crippen molar-refractivity contribution in [1.29, 1.82) is 0 Å². The highest BCUT2D eigenvalue weighted by molar-refractivity contribution is 5.81. The fourth-order valence-corrected chi connectivity index (χ4v) is 2.91. The number of rotatable bonds is 1. The molecule has 16 heavy (non-hydrogen) atoms. The number of nitrogens with two attached hydrogens (primary N) is 1. The SMILES string of the molecule is C[C@H](N)C(=O)N1CCC2(CCN(C)CC2)C1. The number of amides is 1. The second kappa shape index (κ2) is 4.34. The average Bonchev–Trinajstić information content (AvgIpc) is 2.66. The molecule has 2 aliphatic heterocycles. The van der Waals surface area contributed by atoms with Gasteiger partial charge in [0.15, 0.2) is 0 Å². The Hall–Kier alpha value is -0.610. The first-order valence-corrected chi connectivity index (χ1v) is 6.25. The third kappa shape index (κ3) is 2.23. The van der Waals surface area contributed by atoms with Gasteiger partial charge in [-0.25, -0.2) is 0 Å². The standard InChI is InChI=1S/C12H23N3O/c1-10(13)11(16)15-8-5-12(9-15)3-6-14(2)7-4-12/h10H,3-9,13H2,1-2H3/t10-/m0/s1. The number of carbonyl (C=O) groups is 1. The summed E-state index contributed by atoms with van der Waals surface area (Å²) in [4.78, 5) is 16.2. The first-order chi connectivity index (χ1) is 7.52. The summed E-state index contributed by atoms with van der Waals surface area (Å²) in [7, 11) is 2.17. The van der Waals surface area contributed by atoms with Crippen LogP contribution in [-0.2, 0) is 4.79 Å². The van der Waals surface area contributed by atoms with Gasteiger partial charge < -0.3 is 15.5 Å². The monoisotopic (exact) mass is 225 g/mol. The maximum Gasteiger partial charge on any atom is 0.239 e. The summed E-state index contributed by atoms with van der Waals surface area (Å²) in [6.07, 6.45) is 3.62. The molecule has 2 rings (SSSR count). The van der Waals surface area contributed by atoms with Crippen LogP contribution < -0.4 is 5.73 Å². The lowest BCUT2D eigenvalue weighted by Gasteiger charge is -2.37. The van der Waals surface area contributed by atoms with Gasteiger partial charge in [0.2, 0.25) is 5.91 Å². The van der Waals surface area contributed by atoms with Gasteiger partial charge in [0.1, 0.15) is 0 Å². The van der Waals surface area contributed by atoms with Crippen LogP contribution in [0.2, 0.25) is 0 Å².